The molecule has 0 saturated carbocycles. The highest BCUT2D eigenvalue weighted by Crippen LogP contribution is 2.62. The second-order valence-electron chi connectivity index (χ2n) is 18.3. The first-order valence-electron chi connectivity index (χ1n) is 24.1. The summed E-state index contributed by atoms with van der Waals surface area (Å²) in [5, 5.41) is 2.47. The molecule has 0 fully saturated rings. The fraction of sp³-hybridized carbons (Fsp3) is 0.0149. The topological polar surface area (TPSA) is 17.4 Å². The summed E-state index contributed by atoms with van der Waals surface area (Å²) in [6, 6.07) is 97.2. The molecule has 70 heavy (non-hydrogen) atoms. The number of para-hydroxylation sites is 5. The molecule has 0 radical (unpaired) electrons. The van der Waals surface area contributed by atoms with Crippen LogP contribution in [0.2, 0.25) is 0 Å². The van der Waals surface area contributed by atoms with Crippen molar-refractivity contribution in [1.29, 1.82) is 0 Å². The van der Waals surface area contributed by atoms with Crippen molar-refractivity contribution >= 4 is 38.9 Å². The van der Waals surface area contributed by atoms with Crippen LogP contribution in [0.3, 0.4) is 0 Å². The van der Waals surface area contributed by atoms with E-state index in [1.54, 1.807) is 0 Å². The van der Waals surface area contributed by atoms with Crippen molar-refractivity contribution in [3.63, 3.8) is 0 Å². The first-order chi connectivity index (χ1) is 34.8. The van der Waals surface area contributed by atoms with Crippen LogP contribution in [-0.2, 0) is 5.41 Å². The molecule has 0 amide bonds. The van der Waals surface area contributed by atoms with Crippen molar-refractivity contribution in [3.05, 3.63) is 289 Å². The summed E-state index contributed by atoms with van der Waals surface area (Å²) in [5.41, 5.74) is 20.4. The Labute approximate surface area is 407 Å². The standard InChI is InChI=1S/C67H44N2O/c1-2-21-45(22-3-1)49-25-4-5-26-50(49)51-27-6-7-28-52(51)54-30-9-15-36-62(54)68(46-23-20-24-47(43-46)69-63-37-16-10-31-55(63)56-32-11-17-38-64(56)69)48-41-42-59-57(44-48)53-29-8-12-33-58(53)67(59)60-34-13-18-39-65(60)70-66-40-19-14-35-61(66)67/h1-44H. The van der Waals surface area contributed by atoms with Gasteiger partial charge >= 0.3 is 0 Å². The summed E-state index contributed by atoms with van der Waals surface area (Å²) < 4.78 is 9.10. The van der Waals surface area contributed by atoms with Crippen LogP contribution in [-0.4, -0.2) is 4.57 Å². The van der Waals surface area contributed by atoms with Gasteiger partial charge in [0.2, 0.25) is 0 Å². The average Bonchev–Trinajstić information content (AvgIpc) is 3.92. The van der Waals surface area contributed by atoms with E-state index in [1.807, 2.05) is 0 Å². The molecule has 0 atom stereocenters. The summed E-state index contributed by atoms with van der Waals surface area (Å²) in [7, 11) is 0. The summed E-state index contributed by atoms with van der Waals surface area (Å²) in [6.07, 6.45) is 0. The van der Waals surface area contributed by atoms with Gasteiger partial charge in [-0.3, -0.25) is 0 Å². The Balaban J connectivity index is 1.02. The van der Waals surface area contributed by atoms with Crippen LogP contribution in [0.15, 0.2) is 267 Å². The van der Waals surface area contributed by atoms with Gasteiger partial charge in [-0.2, -0.15) is 0 Å². The van der Waals surface area contributed by atoms with E-state index in [0.29, 0.717) is 0 Å². The second-order valence-corrected chi connectivity index (χ2v) is 18.3. The van der Waals surface area contributed by atoms with E-state index in [1.165, 1.54) is 66.3 Å². The molecule has 0 bridgehead atoms. The Bertz CT molecular complexity index is 3910. The molecule has 12 aromatic rings. The third-order valence-corrected chi connectivity index (χ3v) is 14.7. The molecule has 2 aliphatic rings. The predicted molar refractivity (Wildman–Crippen MR) is 289 cm³/mol. The van der Waals surface area contributed by atoms with Gasteiger partial charge in [-0.25, -0.2) is 0 Å². The van der Waals surface area contributed by atoms with E-state index in [-0.39, 0.29) is 0 Å². The zero-order chi connectivity index (χ0) is 46.2. The molecule has 14 rings (SSSR count). The van der Waals surface area contributed by atoms with Gasteiger partial charge < -0.3 is 14.2 Å². The fourth-order valence-electron chi connectivity index (χ4n) is 11.8. The van der Waals surface area contributed by atoms with Crippen molar-refractivity contribution in [2.45, 2.75) is 5.41 Å². The number of benzene rings is 11. The zero-order valence-corrected chi connectivity index (χ0v) is 38.2. The smallest absolute Gasteiger partial charge is 0.132 e. The van der Waals surface area contributed by atoms with E-state index < -0.39 is 5.41 Å². The lowest BCUT2D eigenvalue weighted by Gasteiger charge is -2.39. The number of fused-ring (bicyclic) bond motifs is 12. The molecule has 0 unspecified atom stereocenters. The first-order valence-corrected chi connectivity index (χ1v) is 24.1. The number of nitrogens with zero attached hydrogens (tertiary/aromatic N) is 2. The molecule has 1 spiro atoms. The van der Waals surface area contributed by atoms with Gasteiger partial charge in [0.1, 0.15) is 11.5 Å². The van der Waals surface area contributed by atoms with Crippen LogP contribution in [0.1, 0.15) is 22.3 Å². The van der Waals surface area contributed by atoms with Crippen LogP contribution in [0, 0.1) is 0 Å². The van der Waals surface area contributed by atoms with E-state index in [9.17, 15) is 0 Å². The van der Waals surface area contributed by atoms with Gasteiger partial charge in [0, 0.05) is 44.5 Å². The molecule has 0 saturated heterocycles. The lowest BCUT2D eigenvalue weighted by molar-refractivity contribution is 0.436. The summed E-state index contributed by atoms with van der Waals surface area (Å²) in [5.74, 6) is 1.77. The quantitative estimate of drug-likeness (QED) is 0.159. The number of hydrogen-bond donors (Lipinski definition) is 0. The highest BCUT2D eigenvalue weighted by atomic mass is 16.5. The molecule has 0 N–H and O–H groups in total. The van der Waals surface area contributed by atoms with Crippen molar-refractivity contribution in [2.75, 3.05) is 4.90 Å². The van der Waals surface area contributed by atoms with E-state index in [4.69, 9.17) is 4.74 Å². The molecule has 11 aromatic carbocycles. The maximum atomic E-state index is 6.69. The minimum atomic E-state index is -0.569. The molecule has 1 aliphatic heterocycles. The monoisotopic (exact) mass is 892 g/mol. The third-order valence-electron chi connectivity index (χ3n) is 14.7. The van der Waals surface area contributed by atoms with Gasteiger partial charge in [-0.15, -0.1) is 0 Å². The number of anilines is 3. The number of ether oxygens (including phenoxy) is 1. The van der Waals surface area contributed by atoms with Gasteiger partial charge in [-0.1, -0.05) is 206 Å². The van der Waals surface area contributed by atoms with Crippen LogP contribution in [0.5, 0.6) is 11.5 Å². The van der Waals surface area contributed by atoms with Crippen molar-refractivity contribution < 1.29 is 4.74 Å². The molecule has 328 valence electrons. The highest BCUT2D eigenvalue weighted by Gasteiger charge is 2.51. The Morgan fingerprint density at radius 1 is 0.314 bits per heavy atom. The molecular weight excluding hydrogens is 849 g/mol. The van der Waals surface area contributed by atoms with Crippen LogP contribution >= 0.6 is 0 Å². The van der Waals surface area contributed by atoms with Gasteiger partial charge in [0.15, 0.2) is 0 Å². The van der Waals surface area contributed by atoms with Gasteiger partial charge in [0.05, 0.1) is 22.1 Å². The largest absolute Gasteiger partial charge is 0.457 e. The van der Waals surface area contributed by atoms with Crippen molar-refractivity contribution in [2.24, 2.45) is 0 Å². The molecule has 3 nitrogen and oxygen atoms in total. The lowest BCUT2D eigenvalue weighted by atomic mass is 9.66. The number of aromatic nitrogens is 1. The normalized spacial score (nSPS) is 12.8. The first kappa shape index (κ1) is 39.9. The molecule has 3 heteroatoms. The van der Waals surface area contributed by atoms with Crippen LogP contribution in [0.25, 0.3) is 72.0 Å². The summed E-state index contributed by atoms with van der Waals surface area (Å²) >= 11 is 0. The zero-order valence-electron chi connectivity index (χ0n) is 38.2. The predicted octanol–water partition coefficient (Wildman–Crippen LogP) is 17.7. The Morgan fingerprint density at radius 3 is 1.49 bits per heavy atom. The van der Waals surface area contributed by atoms with E-state index >= 15 is 0 Å². The minimum absolute atomic E-state index is 0.569. The number of rotatable bonds is 7. The van der Waals surface area contributed by atoms with E-state index in [0.717, 1.165) is 56.5 Å². The molecule has 1 aliphatic carbocycles. The summed E-state index contributed by atoms with van der Waals surface area (Å²) in [4.78, 5) is 2.48. The Kier molecular flexibility index (Phi) is 9.11. The molecule has 2 heterocycles. The average molecular weight is 893 g/mol. The summed E-state index contributed by atoms with van der Waals surface area (Å²) in [6.45, 7) is 0. The molecule has 1 aromatic heterocycles. The maximum absolute atomic E-state index is 6.69. The third kappa shape index (κ3) is 5.95. The minimum Gasteiger partial charge on any atom is -0.457 e. The number of hydrogen-bond acceptors (Lipinski definition) is 2. The lowest BCUT2D eigenvalue weighted by Crippen LogP contribution is -2.32. The Hall–Kier alpha value is -9.18. The molecular formula is C67H44N2O. The fourth-order valence-corrected chi connectivity index (χ4v) is 11.8. The maximum Gasteiger partial charge on any atom is 0.132 e. The van der Waals surface area contributed by atoms with Crippen molar-refractivity contribution in [3.8, 4) is 61.7 Å². The second kappa shape index (κ2) is 16.0. The highest BCUT2D eigenvalue weighted by molar-refractivity contribution is 6.09. The van der Waals surface area contributed by atoms with E-state index in [2.05, 4.69) is 276 Å². The van der Waals surface area contributed by atoms with Gasteiger partial charge in [-0.05, 0) is 111 Å². The van der Waals surface area contributed by atoms with Gasteiger partial charge in [0.25, 0.3) is 0 Å². The van der Waals surface area contributed by atoms with Crippen LogP contribution < -0.4 is 9.64 Å². The SMILES string of the molecule is c1ccc(-c2ccccc2-c2ccccc2-c2ccccc2N(c2cccc(-n3c4ccccc4c4ccccc43)c2)c2ccc3c(c2)-c2ccccc2C32c3ccccc3Oc3ccccc32)cc1. The van der Waals surface area contributed by atoms with Crippen molar-refractivity contribution in [1.82, 2.24) is 4.57 Å². The Morgan fingerprint density at radius 2 is 0.800 bits per heavy atom. The van der Waals surface area contributed by atoms with Crippen LogP contribution in [0.4, 0.5) is 17.1 Å².